The number of rotatable bonds is 7. The van der Waals surface area contributed by atoms with E-state index in [1.165, 1.54) is 30.3 Å². The lowest BCUT2D eigenvalue weighted by atomic mass is 10.0. The first-order valence-corrected chi connectivity index (χ1v) is 12.2. The second kappa shape index (κ2) is 9.94. The van der Waals surface area contributed by atoms with Gasteiger partial charge in [0.15, 0.2) is 0 Å². The molecule has 3 rings (SSSR count). The SMILES string of the molecule is Cc1ccc([C@H](C)NC(=O)CN(c2cc(Cl)cc(Cl)c2)S(=O)(=O)c2ccccc2)c(C)c1. The predicted molar refractivity (Wildman–Crippen MR) is 130 cm³/mol. The van der Waals surface area contributed by atoms with Crippen LogP contribution in [-0.2, 0) is 14.8 Å². The number of halogens is 2. The van der Waals surface area contributed by atoms with E-state index in [-0.39, 0.29) is 26.7 Å². The van der Waals surface area contributed by atoms with E-state index >= 15 is 0 Å². The number of amides is 1. The lowest BCUT2D eigenvalue weighted by Gasteiger charge is -2.26. The molecular weight excluding hydrogens is 467 g/mol. The van der Waals surface area contributed by atoms with Gasteiger partial charge in [0, 0.05) is 10.0 Å². The molecule has 0 aliphatic heterocycles. The van der Waals surface area contributed by atoms with Crippen LogP contribution in [0.4, 0.5) is 5.69 Å². The zero-order chi connectivity index (χ0) is 23.5. The fraction of sp³-hybridized carbons (Fsp3) is 0.208. The van der Waals surface area contributed by atoms with E-state index < -0.39 is 22.5 Å². The van der Waals surface area contributed by atoms with Crippen LogP contribution in [0.5, 0.6) is 0 Å². The number of anilines is 1. The topological polar surface area (TPSA) is 66.5 Å². The minimum absolute atomic E-state index is 0.0614. The van der Waals surface area contributed by atoms with Crippen LogP contribution in [0, 0.1) is 13.8 Å². The van der Waals surface area contributed by atoms with Gasteiger partial charge in [-0.3, -0.25) is 9.10 Å². The third-order valence-corrected chi connectivity index (χ3v) is 7.25. The van der Waals surface area contributed by atoms with Gasteiger partial charge in [-0.15, -0.1) is 0 Å². The van der Waals surface area contributed by atoms with Crippen LogP contribution in [0.15, 0.2) is 71.6 Å². The van der Waals surface area contributed by atoms with Crippen LogP contribution in [0.1, 0.15) is 29.7 Å². The summed E-state index contributed by atoms with van der Waals surface area (Å²) in [6.45, 7) is 5.42. The van der Waals surface area contributed by atoms with E-state index in [0.717, 1.165) is 21.0 Å². The van der Waals surface area contributed by atoms with Crippen molar-refractivity contribution in [3.05, 3.63) is 93.5 Å². The van der Waals surface area contributed by atoms with Crippen molar-refractivity contribution in [1.82, 2.24) is 5.32 Å². The molecule has 0 fully saturated rings. The Balaban J connectivity index is 1.92. The predicted octanol–water partition coefficient (Wildman–Crippen LogP) is 5.68. The maximum Gasteiger partial charge on any atom is 0.264 e. The Morgan fingerprint density at radius 3 is 2.19 bits per heavy atom. The van der Waals surface area contributed by atoms with E-state index in [9.17, 15) is 13.2 Å². The Bertz CT molecular complexity index is 1210. The zero-order valence-corrected chi connectivity index (χ0v) is 20.3. The highest BCUT2D eigenvalue weighted by molar-refractivity contribution is 7.92. The standard InChI is InChI=1S/C24H24Cl2N2O3S/c1-16-9-10-23(17(2)11-16)18(3)27-24(29)15-28(21-13-19(25)12-20(26)14-21)32(30,31)22-7-5-4-6-8-22/h4-14,18H,15H2,1-3H3,(H,27,29)/t18-/m0/s1. The van der Waals surface area contributed by atoms with Crippen molar-refractivity contribution < 1.29 is 13.2 Å². The number of carbonyl (C=O) groups is 1. The molecule has 3 aromatic rings. The molecule has 5 nitrogen and oxygen atoms in total. The summed E-state index contributed by atoms with van der Waals surface area (Å²) in [6.07, 6.45) is 0. The van der Waals surface area contributed by atoms with Crippen LogP contribution in [0.2, 0.25) is 10.0 Å². The van der Waals surface area contributed by atoms with E-state index in [0.29, 0.717) is 0 Å². The van der Waals surface area contributed by atoms with Gasteiger partial charge in [-0.25, -0.2) is 8.42 Å². The smallest absolute Gasteiger partial charge is 0.264 e. The second-order valence-electron chi connectivity index (χ2n) is 7.60. The molecule has 0 unspecified atom stereocenters. The summed E-state index contributed by atoms with van der Waals surface area (Å²) in [4.78, 5) is 13.0. The quantitative estimate of drug-likeness (QED) is 0.462. The average Bonchev–Trinajstić information content (AvgIpc) is 2.71. The van der Waals surface area contributed by atoms with Gasteiger partial charge in [0.25, 0.3) is 10.0 Å². The Hall–Kier alpha value is -2.54. The van der Waals surface area contributed by atoms with Gasteiger partial charge in [-0.1, -0.05) is 65.2 Å². The maximum absolute atomic E-state index is 13.4. The summed E-state index contributed by atoms with van der Waals surface area (Å²) in [5.74, 6) is -0.451. The third kappa shape index (κ3) is 5.63. The van der Waals surface area contributed by atoms with E-state index in [2.05, 4.69) is 5.32 Å². The molecule has 32 heavy (non-hydrogen) atoms. The van der Waals surface area contributed by atoms with E-state index in [1.54, 1.807) is 18.2 Å². The highest BCUT2D eigenvalue weighted by Crippen LogP contribution is 2.29. The molecule has 0 saturated heterocycles. The van der Waals surface area contributed by atoms with E-state index in [4.69, 9.17) is 23.2 Å². The minimum atomic E-state index is -4.04. The normalized spacial score (nSPS) is 12.3. The fourth-order valence-corrected chi connectivity index (χ4v) is 5.47. The molecule has 0 spiro atoms. The molecule has 0 aliphatic rings. The van der Waals surface area contributed by atoms with Gasteiger partial charge in [0.05, 0.1) is 16.6 Å². The van der Waals surface area contributed by atoms with E-state index in [1.807, 2.05) is 39.0 Å². The first-order chi connectivity index (χ1) is 15.1. The number of benzene rings is 3. The lowest BCUT2D eigenvalue weighted by Crippen LogP contribution is -2.41. The third-order valence-electron chi connectivity index (χ3n) is 5.02. The molecule has 0 bridgehead atoms. The van der Waals surface area contributed by atoms with Crippen molar-refractivity contribution in [2.45, 2.75) is 31.7 Å². The molecule has 0 heterocycles. The number of nitrogens with zero attached hydrogens (tertiary/aromatic N) is 1. The summed E-state index contributed by atoms with van der Waals surface area (Å²) in [7, 11) is -4.04. The van der Waals surface area contributed by atoms with Crippen molar-refractivity contribution in [2.24, 2.45) is 0 Å². The van der Waals surface area contributed by atoms with Gasteiger partial charge in [-0.05, 0) is 62.2 Å². The minimum Gasteiger partial charge on any atom is -0.348 e. The molecule has 1 atom stereocenters. The number of sulfonamides is 1. The van der Waals surface area contributed by atoms with Crippen LogP contribution in [0.3, 0.4) is 0 Å². The molecule has 0 radical (unpaired) electrons. The molecule has 8 heteroatoms. The zero-order valence-electron chi connectivity index (χ0n) is 18.0. The Morgan fingerprint density at radius 2 is 1.59 bits per heavy atom. The Morgan fingerprint density at radius 1 is 0.969 bits per heavy atom. The van der Waals surface area contributed by atoms with Crippen LogP contribution < -0.4 is 9.62 Å². The number of aryl methyl sites for hydroxylation is 2. The highest BCUT2D eigenvalue weighted by Gasteiger charge is 2.28. The maximum atomic E-state index is 13.4. The van der Waals surface area contributed by atoms with Crippen molar-refractivity contribution >= 4 is 44.8 Å². The average molecular weight is 491 g/mol. The van der Waals surface area contributed by atoms with Crippen molar-refractivity contribution in [3.63, 3.8) is 0 Å². The molecule has 1 amide bonds. The van der Waals surface area contributed by atoms with Gasteiger partial charge in [0.2, 0.25) is 5.91 Å². The molecule has 0 aromatic heterocycles. The van der Waals surface area contributed by atoms with Crippen LogP contribution in [-0.4, -0.2) is 20.9 Å². The van der Waals surface area contributed by atoms with Crippen LogP contribution in [0.25, 0.3) is 0 Å². The summed E-state index contributed by atoms with van der Waals surface area (Å²) in [6, 6.07) is 18.0. The largest absolute Gasteiger partial charge is 0.348 e. The van der Waals surface area contributed by atoms with Crippen molar-refractivity contribution in [2.75, 3.05) is 10.8 Å². The molecule has 1 N–H and O–H groups in total. The molecular formula is C24H24Cl2N2O3S. The number of nitrogens with one attached hydrogen (secondary N) is 1. The molecule has 168 valence electrons. The van der Waals surface area contributed by atoms with Crippen molar-refractivity contribution in [1.29, 1.82) is 0 Å². The molecule has 0 saturated carbocycles. The first-order valence-electron chi connectivity index (χ1n) is 9.98. The molecule has 0 aliphatic carbocycles. The monoisotopic (exact) mass is 490 g/mol. The summed E-state index contributed by atoms with van der Waals surface area (Å²) >= 11 is 12.2. The number of hydrogen-bond acceptors (Lipinski definition) is 3. The van der Waals surface area contributed by atoms with Gasteiger partial charge < -0.3 is 5.32 Å². The van der Waals surface area contributed by atoms with Gasteiger partial charge in [0.1, 0.15) is 6.54 Å². The second-order valence-corrected chi connectivity index (χ2v) is 10.3. The van der Waals surface area contributed by atoms with Crippen molar-refractivity contribution in [3.8, 4) is 0 Å². The fourth-order valence-electron chi connectivity index (χ4n) is 3.52. The van der Waals surface area contributed by atoms with Gasteiger partial charge in [-0.2, -0.15) is 0 Å². The number of carbonyl (C=O) groups excluding carboxylic acids is 1. The Labute approximate surface area is 199 Å². The lowest BCUT2D eigenvalue weighted by molar-refractivity contribution is -0.120. The van der Waals surface area contributed by atoms with Crippen LogP contribution >= 0.6 is 23.2 Å². The Kier molecular flexibility index (Phi) is 7.49. The summed E-state index contributed by atoms with van der Waals surface area (Å²) < 4.78 is 27.8. The summed E-state index contributed by atoms with van der Waals surface area (Å²) in [5.41, 5.74) is 3.35. The molecule has 3 aromatic carbocycles. The number of hydrogen-bond donors (Lipinski definition) is 1. The first kappa shape index (κ1) is 24.1. The van der Waals surface area contributed by atoms with Gasteiger partial charge >= 0.3 is 0 Å². The highest BCUT2D eigenvalue weighted by atomic mass is 35.5. The summed E-state index contributed by atoms with van der Waals surface area (Å²) in [5, 5.41) is 3.44.